The third-order valence-electron chi connectivity index (χ3n) is 4.79. The van der Waals surface area contributed by atoms with E-state index < -0.39 is 5.97 Å². The molecule has 0 saturated heterocycles. The van der Waals surface area contributed by atoms with E-state index in [4.69, 9.17) is 0 Å². The van der Waals surface area contributed by atoms with Crippen molar-refractivity contribution >= 4 is 17.4 Å². The highest BCUT2D eigenvalue weighted by atomic mass is 16.4. The lowest BCUT2D eigenvalue weighted by atomic mass is 9.87. The van der Waals surface area contributed by atoms with Gasteiger partial charge < -0.3 is 5.11 Å². The molecule has 0 radical (unpaired) electrons. The lowest BCUT2D eigenvalue weighted by Crippen LogP contribution is -2.13. The number of carbonyl (C=O) groups is 1. The number of nitrogens with zero attached hydrogens (tertiary/aromatic N) is 1. The van der Waals surface area contributed by atoms with Crippen LogP contribution in [0.2, 0.25) is 0 Å². The molecule has 3 aromatic rings. The van der Waals surface area contributed by atoms with Crippen molar-refractivity contribution < 1.29 is 9.90 Å². The van der Waals surface area contributed by atoms with Crippen LogP contribution in [-0.2, 0) is 5.41 Å². The van der Waals surface area contributed by atoms with Crippen LogP contribution in [0.15, 0.2) is 77.9 Å². The molecule has 3 rings (SSSR count). The molecule has 0 bridgehead atoms. The van der Waals surface area contributed by atoms with E-state index in [0.717, 1.165) is 16.8 Å². The molecule has 0 aliphatic carbocycles. The summed E-state index contributed by atoms with van der Waals surface area (Å²) in [4.78, 5) is 11.7. The first kappa shape index (κ1) is 20.3. The van der Waals surface area contributed by atoms with E-state index in [-0.39, 0.29) is 11.0 Å². The van der Waals surface area contributed by atoms with Crippen molar-refractivity contribution in [2.75, 3.05) is 5.43 Å². The van der Waals surface area contributed by atoms with Crippen molar-refractivity contribution in [1.82, 2.24) is 0 Å². The fourth-order valence-electron chi connectivity index (χ4n) is 3.03. The quantitative estimate of drug-likeness (QED) is 0.427. The minimum atomic E-state index is -0.977. The molecule has 0 atom stereocenters. The molecule has 3 aromatic carbocycles. The summed E-state index contributed by atoms with van der Waals surface area (Å²) in [6.45, 7) is 8.53. The van der Waals surface area contributed by atoms with Crippen molar-refractivity contribution in [1.29, 1.82) is 0 Å². The topological polar surface area (TPSA) is 61.7 Å². The van der Waals surface area contributed by atoms with Crippen molar-refractivity contribution in [2.24, 2.45) is 5.10 Å². The Labute approximate surface area is 171 Å². The summed E-state index contributed by atoms with van der Waals surface area (Å²) in [5, 5.41) is 14.2. The highest BCUT2D eigenvalue weighted by Crippen LogP contribution is 2.24. The van der Waals surface area contributed by atoms with Crippen LogP contribution < -0.4 is 5.43 Å². The molecule has 4 nitrogen and oxygen atoms in total. The molecule has 0 unspecified atom stereocenters. The van der Waals surface area contributed by atoms with Crippen LogP contribution >= 0.6 is 0 Å². The standard InChI is InChI=1S/C25H26N2O2/c1-17-9-11-18(12-10-17)23(21-7-5-6-8-22(21)24(28)29)27-26-20-15-13-19(14-16-20)25(2,3)4/h5-16,26H,1-4H3,(H,28,29). The molecular formula is C25H26N2O2. The maximum atomic E-state index is 11.7. The number of carboxylic acid groups (broad SMARTS) is 1. The van der Waals surface area contributed by atoms with E-state index in [0.29, 0.717) is 11.3 Å². The summed E-state index contributed by atoms with van der Waals surface area (Å²) in [7, 11) is 0. The van der Waals surface area contributed by atoms with Crippen molar-refractivity contribution in [3.8, 4) is 0 Å². The van der Waals surface area contributed by atoms with Gasteiger partial charge in [-0.2, -0.15) is 5.10 Å². The van der Waals surface area contributed by atoms with Gasteiger partial charge in [-0.1, -0.05) is 80.9 Å². The summed E-state index contributed by atoms with van der Waals surface area (Å²) in [6, 6.07) is 22.9. The van der Waals surface area contributed by atoms with E-state index in [1.54, 1.807) is 18.2 Å². The van der Waals surface area contributed by atoms with Crippen LogP contribution in [0.5, 0.6) is 0 Å². The highest BCUT2D eigenvalue weighted by Gasteiger charge is 2.16. The number of aromatic carboxylic acids is 1. The van der Waals surface area contributed by atoms with E-state index in [1.165, 1.54) is 5.56 Å². The van der Waals surface area contributed by atoms with E-state index in [1.807, 2.05) is 49.4 Å². The van der Waals surface area contributed by atoms with Crippen LogP contribution in [0.1, 0.15) is 53.4 Å². The number of carboxylic acids is 1. The fourth-order valence-corrected chi connectivity index (χ4v) is 3.03. The van der Waals surface area contributed by atoms with Gasteiger partial charge in [0.25, 0.3) is 0 Å². The minimum Gasteiger partial charge on any atom is -0.478 e. The number of rotatable bonds is 5. The van der Waals surface area contributed by atoms with Gasteiger partial charge in [-0.25, -0.2) is 4.79 Å². The Morgan fingerprint density at radius 3 is 2.00 bits per heavy atom. The highest BCUT2D eigenvalue weighted by molar-refractivity contribution is 6.17. The normalized spacial score (nSPS) is 11.9. The Hall–Kier alpha value is -3.40. The summed E-state index contributed by atoms with van der Waals surface area (Å²) in [5.41, 5.74) is 8.61. The molecule has 0 amide bonds. The zero-order chi connectivity index (χ0) is 21.0. The first-order valence-electron chi connectivity index (χ1n) is 9.60. The second kappa shape index (κ2) is 8.31. The van der Waals surface area contributed by atoms with Gasteiger partial charge in [0.05, 0.1) is 17.0 Å². The molecule has 0 aliphatic heterocycles. The van der Waals surface area contributed by atoms with Crippen LogP contribution in [0.25, 0.3) is 0 Å². The van der Waals surface area contributed by atoms with E-state index >= 15 is 0 Å². The lowest BCUT2D eigenvalue weighted by Gasteiger charge is -2.19. The smallest absolute Gasteiger partial charge is 0.336 e. The first-order chi connectivity index (χ1) is 13.8. The summed E-state index contributed by atoms with van der Waals surface area (Å²) in [6.07, 6.45) is 0. The SMILES string of the molecule is Cc1ccc(C(=NNc2ccc(C(C)(C)C)cc2)c2ccccc2C(=O)O)cc1. The molecule has 0 spiro atoms. The largest absolute Gasteiger partial charge is 0.478 e. The van der Waals surface area contributed by atoms with Crippen LogP contribution in [0.3, 0.4) is 0 Å². The van der Waals surface area contributed by atoms with Gasteiger partial charge in [0.2, 0.25) is 0 Å². The Bertz CT molecular complexity index is 1030. The van der Waals surface area contributed by atoms with Gasteiger partial charge >= 0.3 is 5.97 Å². The molecule has 0 heterocycles. The number of benzene rings is 3. The lowest BCUT2D eigenvalue weighted by molar-refractivity contribution is 0.0696. The molecule has 0 fully saturated rings. The van der Waals surface area contributed by atoms with Gasteiger partial charge in [-0.05, 0) is 36.1 Å². The Balaban J connectivity index is 2.02. The number of hydrogen-bond acceptors (Lipinski definition) is 3. The van der Waals surface area contributed by atoms with Crippen molar-refractivity contribution in [2.45, 2.75) is 33.1 Å². The summed E-state index contributed by atoms with van der Waals surface area (Å²) in [5.74, 6) is -0.977. The zero-order valence-electron chi connectivity index (χ0n) is 17.2. The number of aryl methyl sites for hydroxylation is 1. The number of hydrogen-bond donors (Lipinski definition) is 2. The second-order valence-electron chi connectivity index (χ2n) is 8.12. The van der Waals surface area contributed by atoms with Gasteiger partial charge in [0.1, 0.15) is 0 Å². The third kappa shape index (κ3) is 4.91. The molecule has 4 heteroatoms. The van der Waals surface area contributed by atoms with Gasteiger partial charge in [-0.15, -0.1) is 0 Å². The number of anilines is 1. The van der Waals surface area contributed by atoms with Crippen LogP contribution in [0.4, 0.5) is 5.69 Å². The average Bonchev–Trinajstić information content (AvgIpc) is 2.69. The molecular weight excluding hydrogens is 360 g/mol. The van der Waals surface area contributed by atoms with E-state index in [2.05, 4.69) is 43.4 Å². The Morgan fingerprint density at radius 1 is 0.862 bits per heavy atom. The minimum absolute atomic E-state index is 0.0787. The molecule has 2 N–H and O–H groups in total. The third-order valence-corrected chi connectivity index (χ3v) is 4.79. The molecule has 29 heavy (non-hydrogen) atoms. The van der Waals surface area contributed by atoms with Crippen molar-refractivity contribution in [3.05, 3.63) is 101 Å². The van der Waals surface area contributed by atoms with Gasteiger partial charge in [-0.3, -0.25) is 5.43 Å². The predicted octanol–water partition coefficient (Wildman–Crippen LogP) is 5.86. The monoisotopic (exact) mass is 386 g/mol. The van der Waals surface area contributed by atoms with Crippen LogP contribution in [0, 0.1) is 6.92 Å². The number of nitrogens with one attached hydrogen (secondary N) is 1. The molecule has 0 aromatic heterocycles. The maximum absolute atomic E-state index is 11.7. The molecule has 0 aliphatic rings. The second-order valence-corrected chi connectivity index (χ2v) is 8.12. The summed E-state index contributed by atoms with van der Waals surface area (Å²) >= 11 is 0. The van der Waals surface area contributed by atoms with Gasteiger partial charge in [0.15, 0.2) is 0 Å². The molecule has 148 valence electrons. The summed E-state index contributed by atoms with van der Waals surface area (Å²) < 4.78 is 0. The maximum Gasteiger partial charge on any atom is 0.336 e. The number of hydrazone groups is 1. The Morgan fingerprint density at radius 2 is 1.45 bits per heavy atom. The van der Waals surface area contributed by atoms with Crippen LogP contribution in [-0.4, -0.2) is 16.8 Å². The van der Waals surface area contributed by atoms with Gasteiger partial charge in [0, 0.05) is 11.1 Å². The fraction of sp³-hybridized carbons (Fsp3) is 0.200. The van der Waals surface area contributed by atoms with Crippen molar-refractivity contribution in [3.63, 3.8) is 0 Å². The first-order valence-corrected chi connectivity index (χ1v) is 9.60. The Kier molecular flexibility index (Phi) is 5.83. The van der Waals surface area contributed by atoms with E-state index in [9.17, 15) is 9.90 Å². The average molecular weight is 386 g/mol. The predicted molar refractivity (Wildman–Crippen MR) is 119 cm³/mol. The zero-order valence-corrected chi connectivity index (χ0v) is 17.2. The molecule has 0 saturated carbocycles.